The molecule has 1 saturated heterocycles. The van der Waals surface area contributed by atoms with Gasteiger partial charge in [-0.2, -0.15) is 4.98 Å². The second-order valence-electron chi connectivity index (χ2n) is 10.0. The number of rotatable bonds is 6. The lowest BCUT2D eigenvalue weighted by Crippen LogP contribution is -2.38. The molecular formula is C31H31N7O3. The Hall–Kier alpha value is -4.99. The average molecular weight is 550 g/mol. The summed E-state index contributed by atoms with van der Waals surface area (Å²) in [7, 11) is 1.59. The number of urea groups is 1. The van der Waals surface area contributed by atoms with E-state index in [2.05, 4.69) is 51.5 Å². The second-order valence-corrected chi connectivity index (χ2v) is 10.0. The van der Waals surface area contributed by atoms with E-state index in [1.807, 2.05) is 41.3 Å². The first-order valence-corrected chi connectivity index (χ1v) is 13.6. The standard InChI is InChI=1S/C31H31N7O3/c1-21-10-12-22(13-11-21)19-26-34-29(27-28(36-41-30(27)35-26)23-7-5-14-32-20-23)37-15-6-16-38(18-17-37)31(39)33-24-8-3-4-9-25(24)40-2/h3-5,7-14,20H,6,15-19H2,1-2H3,(H,33,39). The van der Waals surface area contributed by atoms with Crippen molar-refractivity contribution in [1.29, 1.82) is 0 Å². The molecular weight excluding hydrogens is 518 g/mol. The van der Waals surface area contributed by atoms with Crippen molar-refractivity contribution in [1.82, 2.24) is 25.0 Å². The minimum Gasteiger partial charge on any atom is -0.495 e. The number of nitrogens with zero attached hydrogens (tertiary/aromatic N) is 6. The summed E-state index contributed by atoms with van der Waals surface area (Å²) < 4.78 is 11.2. The van der Waals surface area contributed by atoms with Crippen LogP contribution in [0.3, 0.4) is 0 Å². The molecule has 1 aliphatic rings. The van der Waals surface area contributed by atoms with E-state index in [1.165, 1.54) is 5.56 Å². The number of amides is 2. The molecule has 208 valence electrons. The summed E-state index contributed by atoms with van der Waals surface area (Å²) in [5, 5.41) is 8.12. The molecule has 0 aliphatic carbocycles. The molecule has 0 unspecified atom stereocenters. The summed E-state index contributed by atoms with van der Waals surface area (Å²) in [6, 6.07) is 19.4. The zero-order valence-corrected chi connectivity index (χ0v) is 23.1. The Morgan fingerprint density at radius 1 is 1.00 bits per heavy atom. The van der Waals surface area contributed by atoms with Crippen molar-refractivity contribution in [3.8, 4) is 17.0 Å². The molecule has 1 aliphatic heterocycles. The smallest absolute Gasteiger partial charge is 0.322 e. The van der Waals surface area contributed by atoms with Crippen molar-refractivity contribution >= 4 is 28.6 Å². The molecule has 0 radical (unpaired) electrons. The van der Waals surface area contributed by atoms with Crippen LogP contribution in [0.25, 0.3) is 22.4 Å². The number of anilines is 2. The van der Waals surface area contributed by atoms with Crippen molar-refractivity contribution in [3.05, 3.63) is 90.0 Å². The van der Waals surface area contributed by atoms with E-state index in [0.29, 0.717) is 61.3 Å². The van der Waals surface area contributed by atoms with E-state index < -0.39 is 0 Å². The second kappa shape index (κ2) is 11.6. The van der Waals surface area contributed by atoms with E-state index >= 15 is 0 Å². The zero-order chi connectivity index (χ0) is 28.2. The van der Waals surface area contributed by atoms with Crippen LogP contribution >= 0.6 is 0 Å². The number of aromatic nitrogens is 4. The van der Waals surface area contributed by atoms with E-state index in [9.17, 15) is 4.79 Å². The van der Waals surface area contributed by atoms with E-state index in [-0.39, 0.29) is 6.03 Å². The van der Waals surface area contributed by atoms with Crippen molar-refractivity contribution in [2.75, 3.05) is 43.5 Å². The normalized spacial score (nSPS) is 13.7. The van der Waals surface area contributed by atoms with Gasteiger partial charge in [0.25, 0.3) is 5.71 Å². The summed E-state index contributed by atoms with van der Waals surface area (Å²) in [5.74, 6) is 2.03. The molecule has 10 nitrogen and oxygen atoms in total. The quantitative estimate of drug-likeness (QED) is 0.303. The molecule has 1 N–H and O–H groups in total. The van der Waals surface area contributed by atoms with Crippen LogP contribution in [0.1, 0.15) is 23.4 Å². The van der Waals surface area contributed by atoms with Crippen LogP contribution in [0.15, 0.2) is 77.6 Å². The Morgan fingerprint density at radius 2 is 1.85 bits per heavy atom. The Bertz CT molecular complexity index is 1650. The van der Waals surface area contributed by atoms with Gasteiger partial charge in [-0.3, -0.25) is 4.98 Å². The number of benzene rings is 2. The third-order valence-corrected chi connectivity index (χ3v) is 7.21. The van der Waals surface area contributed by atoms with Crippen LogP contribution in [-0.4, -0.2) is 64.3 Å². The molecule has 6 rings (SSSR count). The first-order valence-electron chi connectivity index (χ1n) is 13.6. The van der Waals surface area contributed by atoms with Gasteiger partial charge < -0.3 is 24.4 Å². The number of hydrogen-bond donors (Lipinski definition) is 1. The van der Waals surface area contributed by atoms with Gasteiger partial charge in [0, 0.05) is 50.6 Å². The Labute approximate surface area is 238 Å². The Morgan fingerprint density at radius 3 is 2.66 bits per heavy atom. The summed E-state index contributed by atoms with van der Waals surface area (Å²) in [4.78, 5) is 31.3. The monoisotopic (exact) mass is 549 g/mol. The first kappa shape index (κ1) is 26.2. The number of nitrogens with one attached hydrogen (secondary N) is 1. The predicted octanol–water partition coefficient (Wildman–Crippen LogP) is 5.33. The van der Waals surface area contributed by atoms with E-state index in [1.54, 1.807) is 19.5 Å². The van der Waals surface area contributed by atoms with Crippen molar-refractivity contribution in [3.63, 3.8) is 0 Å². The number of ether oxygens (including phenoxy) is 1. The third-order valence-electron chi connectivity index (χ3n) is 7.21. The molecule has 41 heavy (non-hydrogen) atoms. The van der Waals surface area contributed by atoms with Gasteiger partial charge >= 0.3 is 6.03 Å². The lowest BCUT2D eigenvalue weighted by molar-refractivity contribution is 0.215. The fraction of sp³-hybridized carbons (Fsp3) is 0.258. The molecule has 1 fully saturated rings. The number of carbonyl (C=O) groups excluding carboxylic acids is 1. The van der Waals surface area contributed by atoms with Crippen LogP contribution < -0.4 is 15.0 Å². The van der Waals surface area contributed by atoms with Crippen molar-refractivity contribution in [2.45, 2.75) is 19.8 Å². The van der Waals surface area contributed by atoms with Crippen LogP contribution in [0.5, 0.6) is 5.75 Å². The summed E-state index contributed by atoms with van der Waals surface area (Å²) >= 11 is 0. The SMILES string of the molecule is COc1ccccc1NC(=O)N1CCCN(c2nc(Cc3ccc(C)cc3)nc3onc(-c4cccnc4)c23)CC1. The fourth-order valence-electron chi connectivity index (χ4n) is 5.05. The molecule has 0 saturated carbocycles. The largest absolute Gasteiger partial charge is 0.495 e. The highest BCUT2D eigenvalue weighted by Crippen LogP contribution is 2.34. The Balaban J connectivity index is 1.30. The van der Waals surface area contributed by atoms with Crippen LogP contribution in [0.2, 0.25) is 0 Å². The van der Waals surface area contributed by atoms with Crippen LogP contribution in [-0.2, 0) is 6.42 Å². The van der Waals surface area contributed by atoms with Gasteiger partial charge in [-0.15, -0.1) is 0 Å². The molecule has 3 aromatic heterocycles. The molecule has 2 aromatic carbocycles. The van der Waals surface area contributed by atoms with Gasteiger partial charge in [-0.1, -0.05) is 47.1 Å². The maximum atomic E-state index is 13.2. The first-order chi connectivity index (χ1) is 20.1. The molecule has 0 spiro atoms. The number of para-hydroxylation sites is 2. The maximum absolute atomic E-state index is 13.2. The van der Waals surface area contributed by atoms with Crippen molar-refractivity contribution in [2.24, 2.45) is 0 Å². The predicted molar refractivity (Wildman–Crippen MR) is 157 cm³/mol. The molecule has 2 amide bonds. The fourth-order valence-corrected chi connectivity index (χ4v) is 5.05. The number of methoxy groups -OCH3 is 1. The minimum absolute atomic E-state index is 0.162. The highest BCUT2D eigenvalue weighted by molar-refractivity contribution is 5.98. The highest BCUT2D eigenvalue weighted by Gasteiger charge is 2.26. The van der Waals surface area contributed by atoms with Gasteiger partial charge in [0.05, 0.1) is 12.8 Å². The van der Waals surface area contributed by atoms with Gasteiger partial charge in [0.1, 0.15) is 28.5 Å². The number of carbonyl (C=O) groups is 1. The number of pyridine rings is 1. The molecule has 5 aromatic rings. The van der Waals surface area contributed by atoms with E-state index in [4.69, 9.17) is 19.2 Å². The van der Waals surface area contributed by atoms with Crippen molar-refractivity contribution < 1.29 is 14.1 Å². The topological polar surface area (TPSA) is 110 Å². The molecule has 0 atom stereocenters. The number of fused-ring (bicyclic) bond motifs is 1. The third kappa shape index (κ3) is 5.67. The maximum Gasteiger partial charge on any atom is 0.322 e. The van der Waals surface area contributed by atoms with Crippen LogP contribution in [0.4, 0.5) is 16.3 Å². The zero-order valence-electron chi connectivity index (χ0n) is 23.1. The van der Waals surface area contributed by atoms with Gasteiger partial charge in [0.2, 0.25) is 0 Å². The van der Waals surface area contributed by atoms with Gasteiger partial charge in [-0.25, -0.2) is 9.78 Å². The summed E-state index contributed by atoms with van der Waals surface area (Å²) in [5.41, 5.74) is 4.87. The summed E-state index contributed by atoms with van der Waals surface area (Å²) in [6.07, 6.45) is 4.81. The van der Waals surface area contributed by atoms with Gasteiger partial charge in [0.15, 0.2) is 0 Å². The molecule has 10 heteroatoms. The van der Waals surface area contributed by atoms with Gasteiger partial charge in [-0.05, 0) is 43.2 Å². The van der Waals surface area contributed by atoms with E-state index in [0.717, 1.165) is 28.8 Å². The Kier molecular flexibility index (Phi) is 7.44. The number of aryl methyl sites for hydroxylation is 1. The average Bonchev–Trinajstić information content (AvgIpc) is 3.27. The highest BCUT2D eigenvalue weighted by atomic mass is 16.5. The molecule has 4 heterocycles. The summed E-state index contributed by atoms with van der Waals surface area (Å²) in [6.45, 7) is 4.51. The van der Waals surface area contributed by atoms with Crippen LogP contribution in [0, 0.1) is 6.92 Å². The molecule has 0 bridgehead atoms. The minimum atomic E-state index is -0.162. The number of hydrogen-bond acceptors (Lipinski definition) is 8. The lowest BCUT2D eigenvalue weighted by atomic mass is 10.1. The lowest BCUT2D eigenvalue weighted by Gasteiger charge is -2.24.